The second-order valence-electron chi connectivity index (χ2n) is 5.51. The van der Waals surface area contributed by atoms with Crippen molar-refractivity contribution in [3.8, 4) is 0 Å². The van der Waals surface area contributed by atoms with E-state index in [1.807, 2.05) is 13.0 Å². The summed E-state index contributed by atoms with van der Waals surface area (Å²) >= 11 is 0. The molecule has 0 spiro atoms. The highest BCUT2D eigenvalue weighted by atomic mass is 32.2. The summed E-state index contributed by atoms with van der Waals surface area (Å²) in [7, 11) is -2.11. The third kappa shape index (κ3) is 3.17. The highest BCUT2D eigenvalue weighted by Crippen LogP contribution is 2.35. The zero-order valence-electron chi connectivity index (χ0n) is 13.2. The Bertz CT molecular complexity index is 741. The number of nitrogens with zero attached hydrogens (tertiary/aromatic N) is 4. The van der Waals surface area contributed by atoms with E-state index in [2.05, 4.69) is 10.1 Å². The maximum Gasteiger partial charge on any atom is 0.282 e. The van der Waals surface area contributed by atoms with Gasteiger partial charge in [0.2, 0.25) is 5.89 Å². The average Bonchev–Trinajstić information content (AvgIpc) is 3.27. The first-order chi connectivity index (χ1) is 11.0. The van der Waals surface area contributed by atoms with Crippen LogP contribution in [0.25, 0.3) is 0 Å². The van der Waals surface area contributed by atoms with Gasteiger partial charge in [0.25, 0.3) is 10.2 Å². The van der Waals surface area contributed by atoms with Crippen molar-refractivity contribution in [2.45, 2.75) is 38.8 Å². The van der Waals surface area contributed by atoms with Crippen molar-refractivity contribution in [3.05, 3.63) is 35.9 Å². The van der Waals surface area contributed by atoms with Crippen LogP contribution in [-0.2, 0) is 23.2 Å². The Labute approximate surface area is 135 Å². The largest absolute Gasteiger partial charge is 0.468 e. The summed E-state index contributed by atoms with van der Waals surface area (Å²) < 4.78 is 38.9. The lowest BCUT2D eigenvalue weighted by atomic mass is 10.2. The number of rotatable bonds is 6. The molecule has 0 bridgehead atoms. The molecular weight excluding hydrogens is 320 g/mol. The Kier molecular flexibility index (Phi) is 4.51. The first-order valence-electron chi connectivity index (χ1n) is 7.60. The van der Waals surface area contributed by atoms with Gasteiger partial charge in [0.15, 0.2) is 5.82 Å². The van der Waals surface area contributed by atoms with Crippen LogP contribution in [0.5, 0.6) is 0 Å². The van der Waals surface area contributed by atoms with Gasteiger partial charge in [-0.25, -0.2) is 0 Å². The summed E-state index contributed by atoms with van der Waals surface area (Å²) in [5, 5.41) is 3.79. The number of aryl methyl sites for hydroxylation is 1. The molecule has 0 amide bonds. The van der Waals surface area contributed by atoms with E-state index < -0.39 is 10.2 Å². The maximum absolute atomic E-state index is 12.8. The SMILES string of the molecule is CCc1noc(CN(C)S(=O)(=O)N2CCCC2c2ccco2)n1. The molecule has 1 fully saturated rings. The van der Waals surface area contributed by atoms with Crippen molar-refractivity contribution in [1.82, 2.24) is 18.8 Å². The van der Waals surface area contributed by atoms with Gasteiger partial charge in [-0.05, 0) is 25.0 Å². The van der Waals surface area contributed by atoms with E-state index in [4.69, 9.17) is 8.94 Å². The lowest BCUT2D eigenvalue weighted by Gasteiger charge is -2.27. The van der Waals surface area contributed by atoms with Gasteiger partial charge in [-0.15, -0.1) is 0 Å². The van der Waals surface area contributed by atoms with Crippen LogP contribution in [0.1, 0.15) is 43.3 Å². The minimum atomic E-state index is -3.63. The molecule has 0 aliphatic carbocycles. The van der Waals surface area contributed by atoms with Crippen LogP contribution in [0.4, 0.5) is 0 Å². The summed E-state index contributed by atoms with van der Waals surface area (Å²) in [5.41, 5.74) is 0. The number of furan rings is 1. The molecule has 1 unspecified atom stereocenters. The molecule has 0 saturated carbocycles. The van der Waals surface area contributed by atoms with E-state index in [0.717, 1.165) is 12.8 Å². The minimum Gasteiger partial charge on any atom is -0.468 e. The van der Waals surface area contributed by atoms with Gasteiger partial charge in [-0.2, -0.15) is 22.0 Å². The molecule has 1 atom stereocenters. The zero-order valence-corrected chi connectivity index (χ0v) is 14.0. The first-order valence-corrected chi connectivity index (χ1v) is 9.00. The molecule has 3 rings (SSSR count). The van der Waals surface area contributed by atoms with E-state index >= 15 is 0 Å². The first kappa shape index (κ1) is 16.2. The van der Waals surface area contributed by atoms with E-state index in [1.54, 1.807) is 12.3 Å². The lowest BCUT2D eigenvalue weighted by Crippen LogP contribution is -2.41. The van der Waals surface area contributed by atoms with Crippen LogP contribution in [-0.4, -0.2) is 40.8 Å². The van der Waals surface area contributed by atoms with Crippen LogP contribution in [0.15, 0.2) is 27.3 Å². The molecule has 9 heteroatoms. The topological polar surface area (TPSA) is 92.7 Å². The van der Waals surface area contributed by atoms with Crippen molar-refractivity contribution in [3.63, 3.8) is 0 Å². The summed E-state index contributed by atoms with van der Waals surface area (Å²) in [6.07, 6.45) is 3.76. The van der Waals surface area contributed by atoms with Gasteiger partial charge >= 0.3 is 0 Å². The van der Waals surface area contributed by atoms with E-state index in [1.165, 1.54) is 15.7 Å². The smallest absolute Gasteiger partial charge is 0.282 e. The molecule has 1 aliphatic heterocycles. The Morgan fingerprint density at radius 3 is 2.96 bits per heavy atom. The molecule has 8 nitrogen and oxygen atoms in total. The van der Waals surface area contributed by atoms with Crippen molar-refractivity contribution in [2.75, 3.05) is 13.6 Å². The normalized spacial score (nSPS) is 19.7. The third-order valence-corrected chi connectivity index (χ3v) is 5.90. The van der Waals surface area contributed by atoms with Crippen molar-refractivity contribution in [1.29, 1.82) is 0 Å². The van der Waals surface area contributed by atoms with Gasteiger partial charge < -0.3 is 8.94 Å². The maximum atomic E-state index is 12.8. The quantitative estimate of drug-likeness (QED) is 0.795. The molecule has 2 aromatic rings. The number of aromatic nitrogens is 2. The fourth-order valence-electron chi connectivity index (χ4n) is 2.73. The second kappa shape index (κ2) is 6.42. The van der Waals surface area contributed by atoms with E-state index in [9.17, 15) is 8.42 Å². The Morgan fingerprint density at radius 1 is 1.48 bits per heavy atom. The van der Waals surface area contributed by atoms with Gasteiger partial charge in [-0.3, -0.25) is 0 Å². The van der Waals surface area contributed by atoms with Crippen molar-refractivity contribution >= 4 is 10.2 Å². The van der Waals surface area contributed by atoms with Gasteiger partial charge in [0.1, 0.15) is 5.76 Å². The van der Waals surface area contributed by atoms with Crippen LogP contribution < -0.4 is 0 Å². The monoisotopic (exact) mass is 340 g/mol. The van der Waals surface area contributed by atoms with E-state index in [-0.39, 0.29) is 12.6 Å². The summed E-state index contributed by atoms with van der Waals surface area (Å²) in [6, 6.07) is 3.32. The fraction of sp³-hybridized carbons (Fsp3) is 0.571. The van der Waals surface area contributed by atoms with Gasteiger partial charge in [0.05, 0.1) is 18.8 Å². The van der Waals surface area contributed by atoms with Gasteiger partial charge in [-0.1, -0.05) is 12.1 Å². The number of hydrogen-bond donors (Lipinski definition) is 0. The molecule has 1 aliphatic rings. The summed E-state index contributed by atoms with van der Waals surface area (Å²) in [5.74, 6) is 1.53. The van der Waals surface area contributed by atoms with Crippen molar-refractivity contribution < 1.29 is 17.4 Å². The predicted octanol–water partition coefficient (Wildman–Crippen LogP) is 1.74. The molecule has 3 heterocycles. The predicted molar refractivity (Wildman–Crippen MR) is 81.5 cm³/mol. The molecule has 2 aromatic heterocycles. The van der Waals surface area contributed by atoms with Crippen LogP contribution in [0, 0.1) is 0 Å². The zero-order chi connectivity index (χ0) is 16.4. The molecule has 0 aromatic carbocycles. The Balaban J connectivity index is 1.76. The highest BCUT2D eigenvalue weighted by molar-refractivity contribution is 7.86. The summed E-state index contributed by atoms with van der Waals surface area (Å²) in [6.45, 7) is 2.44. The highest BCUT2D eigenvalue weighted by Gasteiger charge is 2.39. The third-order valence-electron chi connectivity index (χ3n) is 3.95. The Morgan fingerprint density at radius 2 is 2.30 bits per heavy atom. The standard InChI is InChI=1S/C14H20N4O4S/c1-3-13-15-14(22-16-13)10-17(2)23(19,20)18-8-4-6-11(18)12-7-5-9-21-12/h5,7,9,11H,3-4,6,8,10H2,1-2H3. The van der Waals surface area contributed by atoms with Crippen LogP contribution in [0.3, 0.4) is 0 Å². The molecule has 23 heavy (non-hydrogen) atoms. The summed E-state index contributed by atoms with van der Waals surface area (Å²) in [4.78, 5) is 4.16. The molecular formula is C14H20N4O4S. The lowest BCUT2D eigenvalue weighted by molar-refractivity contribution is 0.292. The molecule has 1 saturated heterocycles. The number of hydrogen-bond acceptors (Lipinski definition) is 6. The Hall–Kier alpha value is -1.71. The molecule has 0 N–H and O–H groups in total. The molecule has 126 valence electrons. The second-order valence-corrected chi connectivity index (χ2v) is 7.49. The van der Waals surface area contributed by atoms with Crippen LogP contribution >= 0.6 is 0 Å². The average molecular weight is 340 g/mol. The molecule has 0 radical (unpaired) electrons. The minimum absolute atomic E-state index is 0.0523. The van der Waals surface area contributed by atoms with Crippen molar-refractivity contribution in [2.24, 2.45) is 0 Å². The van der Waals surface area contributed by atoms with E-state index in [0.29, 0.717) is 30.4 Å². The van der Waals surface area contributed by atoms with Gasteiger partial charge in [0, 0.05) is 20.0 Å². The van der Waals surface area contributed by atoms with Crippen LogP contribution in [0.2, 0.25) is 0 Å². The fourth-order valence-corrected chi connectivity index (χ4v) is 4.25.